The number of nitrogens with one attached hydrogen (secondary N) is 1. The van der Waals surface area contributed by atoms with Crippen LogP contribution in [0.4, 0.5) is 13.2 Å². The lowest BCUT2D eigenvalue weighted by Gasteiger charge is -2.28. The smallest absolute Gasteiger partial charge is 0.419 e. The minimum atomic E-state index is -4.38. The molecular weight excluding hydrogens is 269 g/mol. The molecule has 1 heterocycles. The van der Waals surface area contributed by atoms with Crippen LogP contribution in [0.25, 0.3) is 0 Å². The molecular formula is C14H19F3N2O. The standard InChI is InChI=1S/C14H19F3N2O/c1-2-20-13-11(10-19-8-6-18-7-9-19)4-3-5-12(13)14(15,16)17/h3-5,18H,2,6-10H2,1H3. The van der Waals surface area contributed by atoms with E-state index in [4.69, 9.17) is 4.74 Å². The Morgan fingerprint density at radius 2 is 1.95 bits per heavy atom. The van der Waals surface area contributed by atoms with Crippen molar-refractivity contribution in [2.24, 2.45) is 0 Å². The lowest BCUT2D eigenvalue weighted by Crippen LogP contribution is -2.43. The van der Waals surface area contributed by atoms with Crippen LogP contribution >= 0.6 is 0 Å². The number of halogens is 3. The van der Waals surface area contributed by atoms with Crippen LogP contribution in [0.15, 0.2) is 18.2 Å². The molecule has 1 aliphatic heterocycles. The zero-order chi connectivity index (χ0) is 14.6. The van der Waals surface area contributed by atoms with Crippen LogP contribution in [-0.2, 0) is 12.7 Å². The van der Waals surface area contributed by atoms with E-state index in [1.807, 2.05) is 0 Å². The number of para-hydroxylation sites is 1. The van der Waals surface area contributed by atoms with Crippen molar-refractivity contribution in [3.05, 3.63) is 29.3 Å². The van der Waals surface area contributed by atoms with Crippen LogP contribution in [0.3, 0.4) is 0 Å². The van der Waals surface area contributed by atoms with Crippen molar-refractivity contribution in [2.75, 3.05) is 32.8 Å². The Bertz CT molecular complexity index is 443. The largest absolute Gasteiger partial charge is 0.493 e. The molecule has 6 heteroatoms. The fourth-order valence-electron chi connectivity index (χ4n) is 2.36. The number of benzene rings is 1. The Morgan fingerprint density at radius 1 is 1.25 bits per heavy atom. The number of alkyl halides is 3. The van der Waals surface area contributed by atoms with E-state index < -0.39 is 11.7 Å². The highest BCUT2D eigenvalue weighted by atomic mass is 19.4. The molecule has 2 rings (SSSR count). The van der Waals surface area contributed by atoms with E-state index in [0.717, 1.165) is 32.2 Å². The first-order valence-electron chi connectivity index (χ1n) is 6.77. The van der Waals surface area contributed by atoms with Crippen LogP contribution in [-0.4, -0.2) is 37.7 Å². The molecule has 1 aromatic rings. The number of piperazine rings is 1. The van der Waals surface area contributed by atoms with E-state index in [2.05, 4.69) is 10.2 Å². The van der Waals surface area contributed by atoms with Gasteiger partial charge in [0.1, 0.15) is 5.75 Å². The summed E-state index contributed by atoms with van der Waals surface area (Å²) in [6.45, 7) is 5.81. The summed E-state index contributed by atoms with van der Waals surface area (Å²) in [4.78, 5) is 2.13. The summed E-state index contributed by atoms with van der Waals surface area (Å²) >= 11 is 0. The highest BCUT2D eigenvalue weighted by Gasteiger charge is 2.35. The average molecular weight is 288 g/mol. The number of hydrogen-bond donors (Lipinski definition) is 1. The first kappa shape index (κ1) is 15.1. The van der Waals surface area contributed by atoms with Gasteiger partial charge in [0.05, 0.1) is 12.2 Å². The second kappa shape index (κ2) is 6.45. The molecule has 0 aliphatic carbocycles. The molecule has 0 radical (unpaired) electrons. The second-order valence-electron chi connectivity index (χ2n) is 4.75. The lowest BCUT2D eigenvalue weighted by molar-refractivity contribution is -0.139. The number of rotatable bonds is 4. The average Bonchev–Trinajstić information content (AvgIpc) is 2.41. The van der Waals surface area contributed by atoms with Crippen LogP contribution in [0.1, 0.15) is 18.1 Å². The van der Waals surface area contributed by atoms with E-state index >= 15 is 0 Å². The van der Waals surface area contributed by atoms with Gasteiger partial charge in [0.15, 0.2) is 0 Å². The zero-order valence-electron chi connectivity index (χ0n) is 11.5. The predicted octanol–water partition coefficient (Wildman–Crippen LogP) is 2.51. The van der Waals surface area contributed by atoms with Gasteiger partial charge in [-0.3, -0.25) is 4.90 Å². The van der Waals surface area contributed by atoms with E-state index in [0.29, 0.717) is 12.1 Å². The third-order valence-electron chi connectivity index (χ3n) is 3.29. The summed E-state index contributed by atoms with van der Waals surface area (Å²) in [5.41, 5.74) is -0.0874. The lowest BCUT2D eigenvalue weighted by atomic mass is 10.1. The van der Waals surface area contributed by atoms with E-state index in [-0.39, 0.29) is 12.4 Å². The van der Waals surface area contributed by atoms with Gasteiger partial charge in [-0.2, -0.15) is 13.2 Å². The topological polar surface area (TPSA) is 24.5 Å². The Morgan fingerprint density at radius 3 is 2.55 bits per heavy atom. The van der Waals surface area contributed by atoms with E-state index in [9.17, 15) is 13.2 Å². The minimum absolute atomic E-state index is 0.0268. The zero-order valence-corrected chi connectivity index (χ0v) is 11.5. The van der Waals surface area contributed by atoms with Gasteiger partial charge in [0, 0.05) is 38.3 Å². The maximum atomic E-state index is 13.0. The molecule has 20 heavy (non-hydrogen) atoms. The first-order chi connectivity index (χ1) is 9.52. The Balaban J connectivity index is 2.26. The van der Waals surface area contributed by atoms with E-state index in [1.54, 1.807) is 13.0 Å². The maximum absolute atomic E-state index is 13.0. The fourth-order valence-corrected chi connectivity index (χ4v) is 2.36. The molecule has 1 fully saturated rings. The van der Waals surface area contributed by atoms with Gasteiger partial charge >= 0.3 is 6.18 Å². The molecule has 112 valence electrons. The molecule has 0 spiro atoms. The van der Waals surface area contributed by atoms with Crippen LogP contribution < -0.4 is 10.1 Å². The quantitative estimate of drug-likeness (QED) is 0.921. The Kier molecular flexibility index (Phi) is 4.88. The second-order valence-corrected chi connectivity index (χ2v) is 4.75. The molecule has 0 bridgehead atoms. The van der Waals surface area contributed by atoms with Gasteiger partial charge in [0.25, 0.3) is 0 Å². The highest BCUT2D eigenvalue weighted by molar-refractivity contribution is 5.43. The number of nitrogens with zero attached hydrogens (tertiary/aromatic N) is 1. The molecule has 1 aromatic carbocycles. The maximum Gasteiger partial charge on any atom is 0.419 e. The third-order valence-corrected chi connectivity index (χ3v) is 3.29. The van der Waals surface area contributed by atoms with Crippen LogP contribution in [0.2, 0.25) is 0 Å². The Labute approximate surface area is 116 Å². The highest BCUT2D eigenvalue weighted by Crippen LogP contribution is 2.38. The van der Waals surface area contributed by atoms with Crippen LogP contribution in [0, 0.1) is 0 Å². The number of hydrogen-bond acceptors (Lipinski definition) is 3. The van der Waals surface area contributed by atoms with Gasteiger partial charge in [-0.25, -0.2) is 0 Å². The van der Waals surface area contributed by atoms with Gasteiger partial charge < -0.3 is 10.1 Å². The summed E-state index contributed by atoms with van der Waals surface area (Å²) in [5.74, 6) is -0.0268. The molecule has 1 N–H and O–H groups in total. The fraction of sp³-hybridized carbons (Fsp3) is 0.571. The van der Waals surface area contributed by atoms with Crippen molar-refractivity contribution < 1.29 is 17.9 Å². The molecule has 0 atom stereocenters. The summed E-state index contributed by atoms with van der Waals surface area (Å²) < 4.78 is 44.4. The molecule has 0 unspecified atom stereocenters. The summed E-state index contributed by atoms with van der Waals surface area (Å²) in [6, 6.07) is 4.23. The number of ether oxygens (including phenoxy) is 1. The van der Waals surface area contributed by atoms with Gasteiger partial charge in [-0.05, 0) is 13.0 Å². The SMILES string of the molecule is CCOc1c(CN2CCNCC2)cccc1C(F)(F)F. The van der Waals surface area contributed by atoms with Crippen molar-refractivity contribution >= 4 is 0 Å². The van der Waals surface area contributed by atoms with E-state index in [1.165, 1.54) is 6.07 Å². The summed E-state index contributed by atoms with van der Waals surface area (Å²) in [7, 11) is 0. The molecule has 3 nitrogen and oxygen atoms in total. The third kappa shape index (κ3) is 3.64. The van der Waals surface area contributed by atoms with Crippen molar-refractivity contribution in [1.82, 2.24) is 10.2 Å². The van der Waals surface area contributed by atoms with Gasteiger partial charge in [0.2, 0.25) is 0 Å². The van der Waals surface area contributed by atoms with Gasteiger partial charge in [-0.15, -0.1) is 0 Å². The van der Waals surface area contributed by atoms with Crippen molar-refractivity contribution in [3.8, 4) is 5.75 Å². The summed E-state index contributed by atoms with van der Waals surface area (Å²) in [6.07, 6.45) is -4.38. The van der Waals surface area contributed by atoms with Crippen molar-refractivity contribution in [2.45, 2.75) is 19.6 Å². The summed E-state index contributed by atoms with van der Waals surface area (Å²) in [5, 5.41) is 3.22. The Hall–Kier alpha value is -1.27. The first-order valence-corrected chi connectivity index (χ1v) is 6.77. The molecule has 1 aliphatic rings. The molecule has 1 saturated heterocycles. The van der Waals surface area contributed by atoms with Gasteiger partial charge in [-0.1, -0.05) is 12.1 Å². The monoisotopic (exact) mass is 288 g/mol. The predicted molar refractivity (Wildman–Crippen MR) is 70.8 cm³/mol. The molecule has 0 aromatic heterocycles. The van der Waals surface area contributed by atoms with Crippen molar-refractivity contribution in [3.63, 3.8) is 0 Å². The van der Waals surface area contributed by atoms with Crippen LogP contribution in [0.5, 0.6) is 5.75 Å². The molecule has 0 amide bonds. The molecule has 0 saturated carbocycles. The minimum Gasteiger partial charge on any atom is -0.493 e. The normalized spacial score (nSPS) is 17.2. The van der Waals surface area contributed by atoms with Crippen molar-refractivity contribution in [1.29, 1.82) is 0 Å².